The summed E-state index contributed by atoms with van der Waals surface area (Å²) in [6.45, 7) is 3.65. The Labute approximate surface area is 149 Å². The van der Waals surface area contributed by atoms with Gasteiger partial charge in [-0.25, -0.2) is 0 Å². The summed E-state index contributed by atoms with van der Waals surface area (Å²) in [6.07, 6.45) is 3.37. The number of carbonyl (C=O) groups excluding carboxylic acids is 1. The molecule has 1 unspecified atom stereocenters. The van der Waals surface area contributed by atoms with Crippen LogP contribution in [-0.4, -0.2) is 37.1 Å². The fourth-order valence-corrected chi connectivity index (χ4v) is 4.21. The molecule has 130 valence electrons. The second-order valence-electron chi connectivity index (χ2n) is 7.18. The molecule has 1 atom stereocenters. The van der Waals surface area contributed by atoms with Gasteiger partial charge >= 0.3 is 5.97 Å². The van der Waals surface area contributed by atoms with Crippen LogP contribution in [0.2, 0.25) is 0 Å². The van der Waals surface area contributed by atoms with Gasteiger partial charge in [0.15, 0.2) is 0 Å². The third-order valence-electron chi connectivity index (χ3n) is 5.67. The summed E-state index contributed by atoms with van der Waals surface area (Å²) in [5, 5.41) is 0. The SMILES string of the molecule is O=C(OCCN1CCCC1)C1CC1(c1ccccc1)c1ccccc1. The predicted octanol–water partition coefficient (Wildman–Crippen LogP) is 3.63. The summed E-state index contributed by atoms with van der Waals surface area (Å²) in [5.74, 6) is -0.122. The Kier molecular flexibility index (Phi) is 4.58. The highest BCUT2D eigenvalue weighted by molar-refractivity contribution is 5.81. The number of hydrogen-bond acceptors (Lipinski definition) is 3. The smallest absolute Gasteiger partial charge is 0.310 e. The molecule has 4 rings (SSSR count). The Balaban J connectivity index is 1.47. The molecule has 3 nitrogen and oxygen atoms in total. The Morgan fingerprint density at radius 3 is 2.08 bits per heavy atom. The molecule has 0 N–H and O–H groups in total. The Morgan fingerprint density at radius 2 is 1.52 bits per heavy atom. The minimum atomic E-state index is -0.215. The molecular weight excluding hydrogens is 310 g/mol. The number of likely N-dealkylation sites (tertiary alicyclic amines) is 1. The van der Waals surface area contributed by atoms with Gasteiger partial charge in [0.05, 0.1) is 5.92 Å². The van der Waals surface area contributed by atoms with Gasteiger partial charge in [-0.3, -0.25) is 9.69 Å². The van der Waals surface area contributed by atoms with Gasteiger partial charge in [0.2, 0.25) is 0 Å². The van der Waals surface area contributed by atoms with Crippen LogP contribution in [0.5, 0.6) is 0 Å². The van der Waals surface area contributed by atoms with Gasteiger partial charge < -0.3 is 4.74 Å². The van der Waals surface area contributed by atoms with E-state index >= 15 is 0 Å². The lowest BCUT2D eigenvalue weighted by molar-refractivity contribution is -0.146. The maximum absolute atomic E-state index is 12.7. The molecule has 0 aromatic heterocycles. The number of hydrogen-bond donors (Lipinski definition) is 0. The van der Waals surface area contributed by atoms with E-state index in [9.17, 15) is 4.79 Å². The topological polar surface area (TPSA) is 29.5 Å². The first kappa shape index (κ1) is 16.3. The van der Waals surface area contributed by atoms with Gasteiger partial charge in [0.1, 0.15) is 6.61 Å². The number of nitrogens with zero attached hydrogens (tertiary/aromatic N) is 1. The molecular formula is C22H25NO2. The first-order valence-electron chi connectivity index (χ1n) is 9.31. The molecule has 1 saturated heterocycles. The van der Waals surface area contributed by atoms with E-state index in [0.717, 1.165) is 26.1 Å². The third kappa shape index (κ3) is 3.21. The van der Waals surface area contributed by atoms with E-state index in [1.54, 1.807) is 0 Å². The van der Waals surface area contributed by atoms with Crippen molar-refractivity contribution in [2.75, 3.05) is 26.2 Å². The van der Waals surface area contributed by atoms with E-state index in [4.69, 9.17) is 4.74 Å². The molecule has 1 aliphatic carbocycles. The van der Waals surface area contributed by atoms with Gasteiger partial charge in [-0.2, -0.15) is 0 Å². The van der Waals surface area contributed by atoms with Crippen LogP contribution < -0.4 is 0 Å². The number of esters is 1. The Hall–Kier alpha value is -2.13. The van der Waals surface area contributed by atoms with E-state index in [1.807, 2.05) is 36.4 Å². The van der Waals surface area contributed by atoms with Gasteiger partial charge in [-0.05, 0) is 43.5 Å². The van der Waals surface area contributed by atoms with Crippen LogP contribution in [-0.2, 0) is 14.9 Å². The standard InChI is InChI=1S/C22H25NO2/c24-21(25-16-15-23-13-7-8-14-23)20-17-22(20,18-9-3-1-4-10-18)19-11-5-2-6-12-19/h1-6,9-12,20H,7-8,13-17H2. The molecule has 2 aromatic rings. The van der Waals surface area contributed by atoms with Crippen molar-refractivity contribution < 1.29 is 9.53 Å². The summed E-state index contributed by atoms with van der Waals surface area (Å²) < 4.78 is 5.65. The maximum Gasteiger partial charge on any atom is 0.310 e. The predicted molar refractivity (Wildman–Crippen MR) is 98.4 cm³/mol. The van der Waals surface area contributed by atoms with Gasteiger partial charge in [-0.15, -0.1) is 0 Å². The summed E-state index contributed by atoms with van der Waals surface area (Å²) in [5.41, 5.74) is 2.21. The summed E-state index contributed by atoms with van der Waals surface area (Å²) in [6, 6.07) is 20.8. The fraction of sp³-hybridized carbons (Fsp3) is 0.409. The highest BCUT2D eigenvalue weighted by Crippen LogP contribution is 2.59. The molecule has 1 heterocycles. The van der Waals surface area contributed by atoms with E-state index in [0.29, 0.717) is 6.61 Å². The highest BCUT2D eigenvalue weighted by Gasteiger charge is 2.61. The molecule has 2 fully saturated rings. The second kappa shape index (κ2) is 7.01. The zero-order valence-electron chi connectivity index (χ0n) is 14.6. The van der Waals surface area contributed by atoms with Crippen molar-refractivity contribution in [1.29, 1.82) is 0 Å². The molecule has 25 heavy (non-hydrogen) atoms. The van der Waals surface area contributed by atoms with Crippen molar-refractivity contribution in [3.63, 3.8) is 0 Å². The largest absolute Gasteiger partial charge is 0.464 e. The number of rotatable bonds is 6. The lowest BCUT2D eigenvalue weighted by Crippen LogP contribution is -2.26. The molecule has 2 aromatic carbocycles. The van der Waals surface area contributed by atoms with Crippen molar-refractivity contribution in [2.45, 2.75) is 24.7 Å². The fourth-order valence-electron chi connectivity index (χ4n) is 4.21. The molecule has 2 aliphatic rings. The summed E-state index contributed by atoms with van der Waals surface area (Å²) >= 11 is 0. The third-order valence-corrected chi connectivity index (χ3v) is 5.67. The van der Waals surface area contributed by atoms with E-state index in [1.165, 1.54) is 24.0 Å². The van der Waals surface area contributed by atoms with Crippen LogP contribution in [0.4, 0.5) is 0 Å². The average molecular weight is 335 g/mol. The van der Waals surface area contributed by atoms with Gasteiger partial charge in [0, 0.05) is 12.0 Å². The van der Waals surface area contributed by atoms with Crippen LogP contribution in [0.25, 0.3) is 0 Å². The van der Waals surface area contributed by atoms with E-state index < -0.39 is 0 Å². The summed E-state index contributed by atoms with van der Waals surface area (Å²) in [7, 11) is 0. The zero-order valence-corrected chi connectivity index (χ0v) is 14.6. The van der Waals surface area contributed by atoms with Crippen molar-refractivity contribution in [2.24, 2.45) is 5.92 Å². The van der Waals surface area contributed by atoms with Crippen LogP contribution in [0.3, 0.4) is 0 Å². The number of ether oxygens (including phenoxy) is 1. The number of benzene rings is 2. The van der Waals surface area contributed by atoms with Gasteiger partial charge in [-0.1, -0.05) is 60.7 Å². The van der Waals surface area contributed by atoms with Crippen molar-refractivity contribution in [3.8, 4) is 0 Å². The minimum absolute atomic E-state index is 0.0492. The second-order valence-corrected chi connectivity index (χ2v) is 7.18. The van der Waals surface area contributed by atoms with Crippen LogP contribution in [0, 0.1) is 5.92 Å². The maximum atomic E-state index is 12.7. The van der Waals surface area contributed by atoms with Crippen LogP contribution >= 0.6 is 0 Å². The van der Waals surface area contributed by atoms with Gasteiger partial charge in [0.25, 0.3) is 0 Å². The lowest BCUT2D eigenvalue weighted by atomic mass is 9.86. The van der Waals surface area contributed by atoms with Crippen LogP contribution in [0.15, 0.2) is 60.7 Å². The average Bonchev–Trinajstić information content (AvgIpc) is 3.23. The molecule has 3 heteroatoms. The minimum Gasteiger partial charge on any atom is -0.464 e. The summed E-state index contributed by atoms with van der Waals surface area (Å²) in [4.78, 5) is 15.1. The Bertz CT molecular complexity index is 668. The van der Waals surface area contributed by atoms with Crippen molar-refractivity contribution >= 4 is 5.97 Å². The quantitative estimate of drug-likeness (QED) is 0.755. The van der Waals surface area contributed by atoms with E-state index in [-0.39, 0.29) is 17.3 Å². The zero-order chi connectivity index (χ0) is 17.1. The first-order valence-corrected chi connectivity index (χ1v) is 9.31. The lowest BCUT2D eigenvalue weighted by Gasteiger charge is -2.19. The highest BCUT2D eigenvalue weighted by atomic mass is 16.5. The van der Waals surface area contributed by atoms with E-state index in [2.05, 4.69) is 29.2 Å². The van der Waals surface area contributed by atoms with Crippen molar-refractivity contribution in [1.82, 2.24) is 4.90 Å². The number of carbonyl (C=O) groups is 1. The molecule has 0 spiro atoms. The normalized spacial score (nSPS) is 21.8. The molecule has 0 amide bonds. The monoisotopic (exact) mass is 335 g/mol. The molecule has 1 saturated carbocycles. The Morgan fingerprint density at radius 1 is 0.960 bits per heavy atom. The molecule has 0 bridgehead atoms. The van der Waals surface area contributed by atoms with Crippen molar-refractivity contribution in [3.05, 3.63) is 71.8 Å². The van der Waals surface area contributed by atoms with Crippen LogP contribution in [0.1, 0.15) is 30.4 Å². The first-order chi connectivity index (χ1) is 12.3. The molecule has 1 aliphatic heterocycles. The molecule has 0 radical (unpaired) electrons.